The van der Waals surface area contributed by atoms with Crippen LogP contribution in [0, 0.1) is 12.7 Å². The fourth-order valence-electron chi connectivity index (χ4n) is 3.93. The van der Waals surface area contributed by atoms with Gasteiger partial charge in [0, 0.05) is 16.5 Å². The molecule has 0 saturated heterocycles. The molecule has 1 heterocycles. The summed E-state index contributed by atoms with van der Waals surface area (Å²) in [6.45, 7) is 4.10. The summed E-state index contributed by atoms with van der Waals surface area (Å²) in [4.78, 5) is -0.151. The number of benzene rings is 3. The maximum absolute atomic E-state index is 13.9. The van der Waals surface area contributed by atoms with E-state index in [1.807, 2.05) is 31.2 Å². The van der Waals surface area contributed by atoms with Crippen molar-refractivity contribution in [2.75, 3.05) is 6.61 Å². The molecule has 0 aromatic heterocycles. The van der Waals surface area contributed by atoms with Gasteiger partial charge in [0.2, 0.25) is 10.0 Å². The van der Waals surface area contributed by atoms with Gasteiger partial charge in [0.1, 0.15) is 11.6 Å². The van der Waals surface area contributed by atoms with Crippen LogP contribution in [0.3, 0.4) is 0 Å². The van der Waals surface area contributed by atoms with Gasteiger partial charge in [0.15, 0.2) is 0 Å². The lowest BCUT2D eigenvalue weighted by Crippen LogP contribution is -2.34. The van der Waals surface area contributed by atoms with Gasteiger partial charge in [0.25, 0.3) is 0 Å². The number of aryl methyl sites for hydroxylation is 1. The Hall–Kier alpha value is -2.65. The van der Waals surface area contributed by atoms with E-state index in [4.69, 9.17) is 27.9 Å². The molecule has 0 saturated carbocycles. The van der Waals surface area contributed by atoms with E-state index in [9.17, 15) is 12.8 Å². The van der Waals surface area contributed by atoms with Crippen LogP contribution in [0.1, 0.15) is 42.1 Å². The average Bonchev–Trinajstić information content (AvgIpc) is 3.30. The molecule has 0 spiro atoms. The van der Waals surface area contributed by atoms with Gasteiger partial charge in [-0.3, -0.25) is 0 Å². The van der Waals surface area contributed by atoms with Crippen LogP contribution < -0.4 is 14.9 Å². The SMILES string of the molecule is CCOc1ccc(C2CC(C(NS(=O)(=O)c3cc(F)ccc3C)c3ccc(Cl)cc3Cl)=NN2)cc1. The van der Waals surface area contributed by atoms with Gasteiger partial charge >= 0.3 is 0 Å². The third-order valence-electron chi connectivity index (χ3n) is 5.69. The van der Waals surface area contributed by atoms with E-state index in [1.165, 1.54) is 12.1 Å². The van der Waals surface area contributed by atoms with Crippen LogP contribution in [0.15, 0.2) is 70.7 Å². The second-order valence-corrected chi connectivity index (χ2v) is 10.6. The number of hydrogen-bond acceptors (Lipinski definition) is 5. The first-order valence-corrected chi connectivity index (χ1v) is 13.2. The lowest BCUT2D eigenvalue weighted by atomic mass is 9.96. The summed E-state index contributed by atoms with van der Waals surface area (Å²) >= 11 is 12.5. The van der Waals surface area contributed by atoms with Crippen molar-refractivity contribution in [1.82, 2.24) is 10.1 Å². The van der Waals surface area contributed by atoms with Crippen molar-refractivity contribution in [2.24, 2.45) is 5.10 Å². The molecule has 1 aliphatic rings. The van der Waals surface area contributed by atoms with Crippen LogP contribution in [0.2, 0.25) is 10.0 Å². The first-order chi connectivity index (χ1) is 16.7. The molecule has 6 nitrogen and oxygen atoms in total. The molecule has 0 aliphatic carbocycles. The van der Waals surface area contributed by atoms with E-state index < -0.39 is 21.9 Å². The fourth-order valence-corrected chi connectivity index (χ4v) is 5.91. The molecule has 2 unspecified atom stereocenters. The molecule has 10 heteroatoms. The van der Waals surface area contributed by atoms with Gasteiger partial charge in [-0.15, -0.1) is 0 Å². The minimum absolute atomic E-state index is 0.151. The van der Waals surface area contributed by atoms with Gasteiger partial charge in [-0.25, -0.2) is 12.8 Å². The molecule has 0 bridgehead atoms. The molecular formula is C25H24Cl2FN3O3S. The number of nitrogens with one attached hydrogen (secondary N) is 2. The minimum atomic E-state index is -4.13. The normalized spacial score (nSPS) is 16.5. The molecule has 4 rings (SSSR count). The third kappa shape index (κ3) is 5.78. The first kappa shape index (κ1) is 25.4. The van der Waals surface area contributed by atoms with Gasteiger partial charge < -0.3 is 10.2 Å². The minimum Gasteiger partial charge on any atom is -0.494 e. The van der Waals surface area contributed by atoms with Crippen LogP contribution in [0.5, 0.6) is 5.75 Å². The zero-order chi connectivity index (χ0) is 25.2. The zero-order valence-electron chi connectivity index (χ0n) is 19.1. The largest absolute Gasteiger partial charge is 0.494 e. The Balaban J connectivity index is 1.66. The van der Waals surface area contributed by atoms with Crippen molar-refractivity contribution in [1.29, 1.82) is 0 Å². The Labute approximate surface area is 214 Å². The predicted octanol–water partition coefficient (Wildman–Crippen LogP) is 5.95. The summed E-state index contributed by atoms with van der Waals surface area (Å²) < 4.78 is 48.8. The number of ether oxygens (including phenoxy) is 1. The standard InChI is InChI=1S/C25H24Cl2FN3O3S/c1-3-34-19-9-5-16(6-10-19)22-14-23(30-29-22)25(20-11-7-17(26)12-21(20)27)31-35(32,33)24-13-18(28)8-4-15(24)2/h4-13,22,25,29,31H,3,14H2,1-2H3. The van der Waals surface area contributed by atoms with Gasteiger partial charge in [-0.2, -0.15) is 9.82 Å². The lowest BCUT2D eigenvalue weighted by Gasteiger charge is -2.21. The molecule has 0 radical (unpaired) electrons. The molecule has 2 N–H and O–H groups in total. The van der Waals surface area contributed by atoms with Gasteiger partial charge in [-0.1, -0.05) is 47.5 Å². The van der Waals surface area contributed by atoms with Crippen LogP contribution in [-0.4, -0.2) is 20.7 Å². The highest BCUT2D eigenvalue weighted by Crippen LogP contribution is 2.34. The summed E-state index contributed by atoms with van der Waals surface area (Å²) in [5.74, 6) is 0.118. The monoisotopic (exact) mass is 535 g/mol. The number of hydrogen-bond donors (Lipinski definition) is 2. The van der Waals surface area contributed by atoms with Gasteiger partial charge in [0.05, 0.1) is 29.3 Å². The summed E-state index contributed by atoms with van der Waals surface area (Å²) in [6.07, 6.45) is 0.419. The maximum atomic E-state index is 13.9. The molecule has 2 atom stereocenters. The average molecular weight is 536 g/mol. The van der Waals surface area contributed by atoms with E-state index in [-0.39, 0.29) is 16.0 Å². The van der Waals surface area contributed by atoms with Crippen LogP contribution in [0.25, 0.3) is 0 Å². The van der Waals surface area contributed by atoms with Crippen LogP contribution in [-0.2, 0) is 10.0 Å². The van der Waals surface area contributed by atoms with Gasteiger partial charge in [-0.05, 0) is 66.9 Å². The molecular weight excluding hydrogens is 512 g/mol. The maximum Gasteiger partial charge on any atom is 0.241 e. The smallest absolute Gasteiger partial charge is 0.241 e. The van der Waals surface area contributed by atoms with Crippen molar-refractivity contribution in [3.8, 4) is 5.75 Å². The van der Waals surface area contributed by atoms with E-state index in [0.717, 1.165) is 17.4 Å². The molecule has 0 amide bonds. The summed E-state index contributed by atoms with van der Waals surface area (Å²) in [6, 6.07) is 15.0. The lowest BCUT2D eigenvalue weighted by molar-refractivity contribution is 0.340. The number of sulfonamides is 1. The Morgan fingerprint density at radius 3 is 2.57 bits per heavy atom. The summed E-state index contributed by atoms with van der Waals surface area (Å²) in [5, 5.41) is 5.16. The Kier molecular flexibility index (Phi) is 7.66. The third-order valence-corrected chi connectivity index (χ3v) is 7.82. The number of rotatable bonds is 8. The molecule has 184 valence electrons. The molecule has 0 fully saturated rings. The highest BCUT2D eigenvalue weighted by atomic mass is 35.5. The van der Waals surface area contributed by atoms with E-state index in [2.05, 4.69) is 15.2 Å². The molecule has 3 aromatic carbocycles. The van der Waals surface area contributed by atoms with Crippen molar-refractivity contribution in [3.05, 3.63) is 93.2 Å². The second kappa shape index (κ2) is 10.5. The molecule has 1 aliphatic heterocycles. The first-order valence-electron chi connectivity index (χ1n) is 11.0. The number of nitrogens with zero attached hydrogens (tertiary/aromatic N) is 1. The highest BCUT2D eigenvalue weighted by molar-refractivity contribution is 7.89. The fraction of sp³-hybridized carbons (Fsp3) is 0.240. The van der Waals surface area contributed by atoms with Crippen LogP contribution >= 0.6 is 23.2 Å². The van der Waals surface area contributed by atoms with Crippen LogP contribution in [0.4, 0.5) is 4.39 Å². The summed E-state index contributed by atoms with van der Waals surface area (Å²) in [7, 11) is -4.13. The van der Waals surface area contributed by atoms with E-state index in [0.29, 0.717) is 34.9 Å². The van der Waals surface area contributed by atoms with Crippen molar-refractivity contribution < 1.29 is 17.5 Å². The summed E-state index contributed by atoms with van der Waals surface area (Å²) in [5.41, 5.74) is 5.49. The topological polar surface area (TPSA) is 79.8 Å². The quantitative estimate of drug-likeness (QED) is 0.373. The number of halogens is 3. The Morgan fingerprint density at radius 2 is 1.89 bits per heavy atom. The Bertz CT molecular complexity index is 1360. The van der Waals surface area contributed by atoms with E-state index in [1.54, 1.807) is 25.1 Å². The predicted molar refractivity (Wildman–Crippen MR) is 136 cm³/mol. The molecule has 35 heavy (non-hydrogen) atoms. The zero-order valence-corrected chi connectivity index (χ0v) is 21.4. The second-order valence-electron chi connectivity index (χ2n) is 8.12. The highest BCUT2D eigenvalue weighted by Gasteiger charge is 2.33. The van der Waals surface area contributed by atoms with E-state index >= 15 is 0 Å². The molecule has 3 aromatic rings. The van der Waals surface area contributed by atoms with Crippen molar-refractivity contribution in [3.63, 3.8) is 0 Å². The van der Waals surface area contributed by atoms with Crippen molar-refractivity contribution in [2.45, 2.75) is 37.2 Å². The van der Waals surface area contributed by atoms with Crippen molar-refractivity contribution >= 4 is 38.9 Å². The Morgan fingerprint density at radius 1 is 1.14 bits per heavy atom. The number of hydrazone groups is 1.